The number of alkyl halides is 1. The highest BCUT2D eigenvalue weighted by Gasteiger charge is 2.37. The second-order valence-electron chi connectivity index (χ2n) is 7.50. The first-order chi connectivity index (χ1) is 11.0. The molecule has 1 N–H and O–H groups in total. The molecular formula is C17H30FN3O3. The Bertz CT molecular complexity index is 464. The van der Waals surface area contributed by atoms with Gasteiger partial charge >= 0.3 is 6.09 Å². The average Bonchev–Trinajstić information content (AvgIpc) is 2.44. The van der Waals surface area contributed by atoms with Crippen molar-refractivity contribution in [2.75, 3.05) is 40.3 Å². The van der Waals surface area contributed by atoms with Crippen LogP contribution in [0.1, 0.15) is 33.6 Å². The Labute approximate surface area is 144 Å². The van der Waals surface area contributed by atoms with Crippen LogP contribution in [0.25, 0.3) is 0 Å². The number of ether oxygens (including phenoxy) is 1. The van der Waals surface area contributed by atoms with Gasteiger partial charge in [-0.3, -0.25) is 4.79 Å². The molecule has 0 aromatic carbocycles. The summed E-state index contributed by atoms with van der Waals surface area (Å²) in [5.74, 6) is -0.302. The first kappa shape index (κ1) is 20.4. The van der Waals surface area contributed by atoms with Crippen LogP contribution in [0.3, 0.4) is 0 Å². The maximum absolute atomic E-state index is 14.7. The van der Waals surface area contributed by atoms with Gasteiger partial charge in [0.25, 0.3) is 0 Å². The zero-order valence-electron chi connectivity index (χ0n) is 15.4. The van der Waals surface area contributed by atoms with E-state index in [0.717, 1.165) is 0 Å². The molecule has 1 saturated heterocycles. The molecule has 0 aromatic heterocycles. The lowest BCUT2D eigenvalue weighted by atomic mass is 9.93. The van der Waals surface area contributed by atoms with E-state index < -0.39 is 17.4 Å². The number of nitrogens with zero attached hydrogens (tertiary/aromatic N) is 2. The Hall–Kier alpha value is -1.63. The highest BCUT2D eigenvalue weighted by Crippen LogP contribution is 2.26. The van der Waals surface area contributed by atoms with E-state index in [-0.39, 0.29) is 38.4 Å². The van der Waals surface area contributed by atoms with E-state index in [2.05, 4.69) is 5.32 Å². The lowest BCUT2D eigenvalue weighted by molar-refractivity contribution is -0.117. The number of rotatable bonds is 5. The molecule has 0 unspecified atom stereocenters. The van der Waals surface area contributed by atoms with E-state index in [1.54, 1.807) is 26.8 Å². The van der Waals surface area contributed by atoms with Gasteiger partial charge in [0.2, 0.25) is 5.91 Å². The molecule has 24 heavy (non-hydrogen) atoms. The number of amides is 2. The van der Waals surface area contributed by atoms with Crippen LogP contribution in [0.15, 0.2) is 12.2 Å². The molecule has 7 heteroatoms. The normalized spacial score (nSPS) is 18.0. The molecule has 138 valence electrons. The maximum atomic E-state index is 14.7. The van der Waals surface area contributed by atoms with Crippen LogP contribution in [0.2, 0.25) is 0 Å². The SMILES string of the molecule is CN(C)C/C=C/C(=O)NCC1(F)CCN(C(=O)OC(C)(C)C)CC1. The molecule has 0 saturated carbocycles. The number of piperidine rings is 1. The van der Waals surface area contributed by atoms with Crippen molar-refractivity contribution in [1.29, 1.82) is 0 Å². The Morgan fingerprint density at radius 3 is 2.38 bits per heavy atom. The van der Waals surface area contributed by atoms with Crippen molar-refractivity contribution in [2.24, 2.45) is 0 Å². The fourth-order valence-corrected chi connectivity index (χ4v) is 2.27. The van der Waals surface area contributed by atoms with E-state index in [1.165, 1.54) is 11.0 Å². The highest BCUT2D eigenvalue weighted by atomic mass is 19.1. The van der Waals surface area contributed by atoms with Gasteiger partial charge in [0.05, 0.1) is 6.54 Å². The molecule has 0 radical (unpaired) electrons. The van der Waals surface area contributed by atoms with Gasteiger partial charge in [0.15, 0.2) is 0 Å². The van der Waals surface area contributed by atoms with Gasteiger partial charge in [0, 0.05) is 38.6 Å². The van der Waals surface area contributed by atoms with Crippen molar-refractivity contribution in [3.8, 4) is 0 Å². The zero-order chi connectivity index (χ0) is 18.4. The summed E-state index contributed by atoms with van der Waals surface area (Å²) in [6, 6.07) is 0. The molecule has 0 aliphatic carbocycles. The summed E-state index contributed by atoms with van der Waals surface area (Å²) in [7, 11) is 3.80. The minimum Gasteiger partial charge on any atom is -0.444 e. The molecular weight excluding hydrogens is 313 g/mol. The van der Waals surface area contributed by atoms with Crippen molar-refractivity contribution in [3.63, 3.8) is 0 Å². The third-order valence-electron chi connectivity index (χ3n) is 3.63. The van der Waals surface area contributed by atoms with Crippen molar-refractivity contribution in [1.82, 2.24) is 15.1 Å². The number of hydrogen-bond acceptors (Lipinski definition) is 4. The zero-order valence-corrected chi connectivity index (χ0v) is 15.4. The van der Waals surface area contributed by atoms with Crippen molar-refractivity contribution in [3.05, 3.63) is 12.2 Å². The number of halogens is 1. The summed E-state index contributed by atoms with van der Waals surface area (Å²) in [6.07, 6.45) is 3.10. The van der Waals surface area contributed by atoms with E-state index in [1.807, 2.05) is 19.0 Å². The second-order valence-corrected chi connectivity index (χ2v) is 7.50. The van der Waals surface area contributed by atoms with Gasteiger partial charge in [-0.05, 0) is 34.9 Å². The Kier molecular flexibility index (Phi) is 7.20. The number of carbonyl (C=O) groups excluding carboxylic acids is 2. The number of hydrogen-bond donors (Lipinski definition) is 1. The number of likely N-dealkylation sites (tertiary alicyclic amines) is 1. The molecule has 0 bridgehead atoms. The summed E-state index contributed by atoms with van der Waals surface area (Å²) in [6.45, 7) is 6.59. The van der Waals surface area contributed by atoms with Crippen LogP contribution in [-0.2, 0) is 9.53 Å². The second kappa shape index (κ2) is 8.46. The van der Waals surface area contributed by atoms with Crippen LogP contribution in [0, 0.1) is 0 Å². The molecule has 1 fully saturated rings. The van der Waals surface area contributed by atoms with Crippen LogP contribution >= 0.6 is 0 Å². The molecule has 0 aromatic rings. The summed E-state index contributed by atoms with van der Waals surface area (Å²) in [4.78, 5) is 27.1. The molecule has 1 aliphatic heterocycles. The van der Waals surface area contributed by atoms with E-state index in [4.69, 9.17) is 4.74 Å². The van der Waals surface area contributed by atoms with Gasteiger partial charge < -0.3 is 19.9 Å². The van der Waals surface area contributed by atoms with Crippen molar-refractivity contribution < 1.29 is 18.7 Å². The minimum absolute atomic E-state index is 0.0414. The Morgan fingerprint density at radius 2 is 1.88 bits per heavy atom. The van der Waals surface area contributed by atoms with Gasteiger partial charge in [0.1, 0.15) is 11.3 Å². The third kappa shape index (κ3) is 7.77. The average molecular weight is 343 g/mol. The molecule has 2 amide bonds. The van der Waals surface area contributed by atoms with Crippen molar-refractivity contribution >= 4 is 12.0 Å². The molecule has 1 heterocycles. The summed E-state index contributed by atoms with van der Waals surface area (Å²) >= 11 is 0. The lowest BCUT2D eigenvalue weighted by Gasteiger charge is -2.37. The first-order valence-electron chi connectivity index (χ1n) is 8.27. The fraction of sp³-hybridized carbons (Fsp3) is 0.765. The number of likely N-dealkylation sites (N-methyl/N-ethyl adjacent to an activating group) is 1. The van der Waals surface area contributed by atoms with E-state index >= 15 is 0 Å². The summed E-state index contributed by atoms with van der Waals surface area (Å²) in [5, 5.41) is 2.59. The van der Waals surface area contributed by atoms with Crippen LogP contribution < -0.4 is 5.32 Å². The fourth-order valence-electron chi connectivity index (χ4n) is 2.27. The van der Waals surface area contributed by atoms with Crippen LogP contribution in [-0.4, -0.2) is 73.3 Å². The molecule has 0 spiro atoms. The first-order valence-corrected chi connectivity index (χ1v) is 8.27. The van der Waals surface area contributed by atoms with Gasteiger partial charge in [-0.2, -0.15) is 0 Å². The van der Waals surface area contributed by atoms with Crippen LogP contribution in [0.4, 0.5) is 9.18 Å². The Morgan fingerprint density at radius 1 is 1.29 bits per heavy atom. The summed E-state index contributed by atoms with van der Waals surface area (Å²) in [5.41, 5.74) is -2.04. The molecule has 6 nitrogen and oxygen atoms in total. The van der Waals surface area contributed by atoms with Gasteiger partial charge in [-0.1, -0.05) is 6.08 Å². The van der Waals surface area contributed by atoms with E-state index in [9.17, 15) is 14.0 Å². The minimum atomic E-state index is -1.48. The third-order valence-corrected chi connectivity index (χ3v) is 3.63. The molecule has 1 aliphatic rings. The number of carbonyl (C=O) groups is 2. The monoisotopic (exact) mass is 343 g/mol. The smallest absolute Gasteiger partial charge is 0.410 e. The predicted octanol–water partition coefficient (Wildman–Crippen LogP) is 1.96. The highest BCUT2D eigenvalue weighted by molar-refractivity contribution is 5.87. The number of nitrogens with one attached hydrogen (secondary N) is 1. The largest absolute Gasteiger partial charge is 0.444 e. The van der Waals surface area contributed by atoms with Crippen molar-refractivity contribution in [2.45, 2.75) is 44.9 Å². The lowest BCUT2D eigenvalue weighted by Crippen LogP contribution is -2.50. The molecule has 1 rings (SSSR count). The summed E-state index contributed by atoms with van der Waals surface area (Å²) < 4.78 is 20.0. The standard InChI is InChI=1S/C17H30FN3O3/c1-16(2,3)24-15(23)21-11-8-17(18,9-12-21)13-19-14(22)7-6-10-20(4)5/h6-7H,8-13H2,1-5H3,(H,19,22)/b7-6+. The topological polar surface area (TPSA) is 61.9 Å². The van der Waals surface area contributed by atoms with Gasteiger partial charge in [-0.25, -0.2) is 9.18 Å². The quantitative estimate of drug-likeness (QED) is 0.775. The van der Waals surface area contributed by atoms with Crippen LogP contribution in [0.5, 0.6) is 0 Å². The van der Waals surface area contributed by atoms with Gasteiger partial charge in [-0.15, -0.1) is 0 Å². The molecule has 0 atom stereocenters. The predicted molar refractivity (Wildman–Crippen MR) is 91.6 cm³/mol. The Balaban J connectivity index is 2.38. The van der Waals surface area contributed by atoms with E-state index in [0.29, 0.717) is 6.54 Å². The maximum Gasteiger partial charge on any atom is 0.410 e.